The van der Waals surface area contributed by atoms with Crippen LogP contribution in [0.2, 0.25) is 0 Å². The lowest BCUT2D eigenvalue weighted by molar-refractivity contribution is 0.355. The van der Waals surface area contributed by atoms with Crippen LogP contribution in [0, 0.1) is 0 Å². The molecule has 0 fully saturated rings. The fraction of sp³-hybridized carbons (Fsp3) is 0.667. The minimum atomic E-state index is 0.423. The quantitative estimate of drug-likeness (QED) is 0.865. The Bertz CT molecular complexity index is 312. The Kier molecular flexibility index (Phi) is 5.97. The molecule has 0 radical (unpaired) electrons. The second kappa shape index (κ2) is 6.74. The predicted octanol–water partition coefficient (Wildman–Crippen LogP) is 3.50. The second-order valence-electron chi connectivity index (χ2n) is 4.51. The van der Waals surface area contributed by atoms with Gasteiger partial charge in [0.05, 0.1) is 0 Å². The zero-order valence-corrected chi connectivity index (χ0v) is 12.9. The second-order valence-corrected chi connectivity index (χ2v) is 6.32. The molecule has 1 aromatic rings. The summed E-state index contributed by atoms with van der Waals surface area (Å²) in [4.78, 5) is 3.61. The topological polar surface area (TPSA) is 15.3 Å². The summed E-state index contributed by atoms with van der Waals surface area (Å²) in [6.45, 7) is 5.61. The van der Waals surface area contributed by atoms with Crippen LogP contribution in [0.15, 0.2) is 15.9 Å². The van der Waals surface area contributed by atoms with E-state index in [1.165, 1.54) is 15.8 Å². The highest BCUT2D eigenvalue weighted by atomic mass is 79.9. The summed E-state index contributed by atoms with van der Waals surface area (Å²) in [5.41, 5.74) is 0. The van der Waals surface area contributed by atoms with Crippen molar-refractivity contribution in [3.63, 3.8) is 0 Å². The van der Waals surface area contributed by atoms with E-state index in [0.29, 0.717) is 12.1 Å². The van der Waals surface area contributed by atoms with E-state index in [4.69, 9.17) is 0 Å². The molecular formula is C12H21BrN2S. The molecule has 0 spiro atoms. The third-order valence-corrected chi connectivity index (χ3v) is 4.64. The van der Waals surface area contributed by atoms with Crippen LogP contribution < -0.4 is 5.32 Å². The van der Waals surface area contributed by atoms with E-state index in [2.05, 4.69) is 65.5 Å². The highest BCUT2D eigenvalue weighted by Gasteiger charge is 2.13. The Morgan fingerprint density at radius 1 is 1.44 bits per heavy atom. The molecule has 2 atom stereocenters. The standard InChI is InChI=1S/C12H21BrN2S/c1-9(5-7-15(3)4)14-10(2)12-11(13)6-8-16-12/h6,8-10,14H,5,7H2,1-4H3. The minimum absolute atomic E-state index is 0.423. The van der Waals surface area contributed by atoms with Gasteiger partial charge in [-0.15, -0.1) is 11.3 Å². The van der Waals surface area contributed by atoms with Gasteiger partial charge in [0.2, 0.25) is 0 Å². The fourth-order valence-corrected chi connectivity index (χ4v) is 3.39. The highest BCUT2D eigenvalue weighted by Crippen LogP contribution is 2.29. The fourth-order valence-electron chi connectivity index (χ4n) is 1.65. The van der Waals surface area contributed by atoms with Gasteiger partial charge in [-0.05, 0) is 68.3 Å². The molecule has 0 saturated carbocycles. The largest absolute Gasteiger partial charge is 0.309 e. The molecule has 4 heteroatoms. The third kappa shape index (κ3) is 4.53. The average molecular weight is 305 g/mol. The maximum atomic E-state index is 3.63. The van der Waals surface area contributed by atoms with Gasteiger partial charge >= 0.3 is 0 Å². The highest BCUT2D eigenvalue weighted by molar-refractivity contribution is 9.10. The summed E-state index contributed by atoms with van der Waals surface area (Å²) >= 11 is 5.39. The van der Waals surface area contributed by atoms with Crippen molar-refractivity contribution in [3.05, 3.63) is 20.8 Å². The van der Waals surface area contributed by atoms with Gasteiger partial charge in [0, 0.05) is 21.4 Å². The Hall–Kier alpha value is 0.100. The van der Waals surface area contributed by atoms with Gasteiger partial charge < -0.3 is 10.2 Å². The van der Waals surface area contributed by atoms with Gasteiger partial charge in [-0.25, -0.2) is 0 Å². The number of hydrogen-bond acceptors (Lipinski definition) is 3. The number of rotatable bonds is 6. The molecule has 1 aromatic heterocycles. The van der Waals surface area contributed by atoms with E-state index in [-0.39, 0.29) is 0 Å². The first kappa shape index (κ1) is 14.2. The molecule has 2 nitrogen and oxygen atoms in total. The molecule has 0 amide bonds. The van der Waals surface area contributed by atoms with Crippen molar-refractivity contribution in [1.29, 1.82) is 0 Å². The van der Waals surface area contributed by atoms with Crippen molar-refractivity contribution in [2.24, 2.45) is 0 Å². The zero-order chi connectivity index (χ0) is 12.1. The van der Waals surface area contributed by atoms with Crippen LogP contribution in [0.5, 0.6) is 0 Å². The van der Waals surface area contributed by atoms with Crippen LogP contribution in [0.3, 0.4) is 0 Å². The van der Waals surface area contributed by atoms with Crippen LogP contribution in [0.25, 0.3) is 0 Å². The van der Waals surface area contributed by atoms with E-state index < -0.39 is 0 Å². The summed E-state index contributed by atoms with van der Waals surface area (Å²) in [5, 5.41) is 5.76. The van der Waals surface area contributed by atoms with Crippen LogP contribution in [-0.4, -0.2) is 31.6 Å². The maximum Gasteiger partial charge on any atom is 0.0399 e. The lowest BCUT2D eigenvalue weighted by Gasteiger charge is -2.21. The van der Waals surface area contributed by atoms with Crippen LogP contribution in [0.4, 0.5) is 0 Å². The summed E-state index contributed by atoms with van der Waals surface area (Å²) in [7, 11) is 4.23. The molecule has 0 bridgehead atoms. The first-order valence-corrected chi connectivity index (χ1v) is 7.31. The lowest BCUT2D eigenvalue weighted by atomic mass is 10.2. The Balaban J connectivity index is 2.39. The van der Waals surface area contributed by atoms with Gasteiger partial charge in [0.15, 0.2) is 0 Å². The smallest absolute Gasteiger partial charge is 0.0399 e. The van der Waals surface area contributed by atoms with Gasteiger partial charge in [-0.1, -0.05) is 0 Å². The van der Waals surface area contributed by atoms with Gasteiger partial charge in [-0.3, -0.25) is 0 Å². The SMILES string of the molecule is CC(CCN(C)C)NC(C)c1sccc1Br. The molecule has 92 valence electrons. The molecule has 2 unspecified atom stereocenters. The van der Waals surface area contributed by atoms with Gasteiger partial charge in [0.25, 0.3) is 0 Å². The van der Waals surface area contributed by atoms with Crippen molar-refractivity contribution < 1.29 is 0 Å². The molecule has 0 aliphatic heterocycles. The van der Waals surface area contributed by atoms with E-state index >= 15 is 0 Å². The van der Waals surface area contributed by atoms with E-state index in [1.807, 2.05) is 0 Å². The van der Waals surface area contributed by atoms with Gasteiger partial charge in [0.1, 0.15) is 0 Å². The van der Waals surface area contributed by atoms with E-state index in [0.717, 1.165) is 6.54 Å². The number of hydrogen-bond donors (Lipinski definition) is 1. The van der Waals surface area contributed by atoms with Crippen LogP contribution in [0.1, 0.15) is 31.2 Å². The minimum Gasteiger partial charge on any atom is -0.309 e. The molecule has 1 rings (SSSR count). The molecule has 16 heavy (non-hydrogen) atoms. The molecule has 1 heterocycles. The molecule has 0 aliphatic carbocycles. The van der Waals surface area contributed by atoms with Crippen LogP contribution >= 0.6 is 27.3 Å². The van der Waals surface area contributed by atoms with Crippen LogP contribution in [-0.2, 0) is 0 Å². The lowest BCUT2D eigenvalue weighted by Crippen LogP contribution is -2.31. The number of halogens is 1. The number of nitrogens with zero attached hydrogens (tertiary/aromatic N) is 1. The van der Waals surface area contributed by atoms with Gasteiger partial charge in [-0.2, -0.15) is 0 Å². The van der Waals surface area contributed by atoms with Crippen molar-refractivity contribution in [2.75, 3.05) is 20.6 Å². The van der Waals surface area contributed by atoms with Crippen molar-refractivity contribution in [1.82, 2.24) is 10.2 Å². The Morgan fingerprint density at radius 2 is 2.12 bits per heavy atom. The molecule has 0 aliphatic rings. The van der Waals surface area contributed by atoms with E-state index in [9.17, 15) is 0 Å². The third-order valence-electron chi connectivity index (χ3n) is 2.58. The number of nitrogens with one attached hydrogen (secondary N) is 1. The monoisotopic (exact) mass is 304 g/mol. The average Bonchev–Trinajstić information content (AvgIpc) is 2.61. The summed E-state index contributed by atoms with van der Waals surface area (Å²) in [5.74, 6) is 0. The maximum absolute atomic E-state index is 3.63. The van der Waals surface area contributed by atoms with Crippen molar-refractivity contribution >= 4 is 27.3 Å². The molecular weight excluding hydrogens is 284 g/mol. The Morgan fingerprint density at radius 3 is 2.62 bits per heavy atom. The molecule has 0 saturated heterocycles. The predicted molar refractivity (Wildman–Crippen MR) is 76.2 cm³/mol. The summed E-state index contributed by atoms with van der Waals surface area (Å²) in [6, 6.07) is 3.08. The van der Waals surface area contributed by atoms with Crippen molar-refractivity contribution in [2.45, 2.75) is 32.4 Å². The van der Waals surface area contributed by atoms with Crippen molar-refractivity contribution in [3.8, 4) is 0 Å². The molecule has 1 N–H and O–H groups in total. The number of thiophene rings is 1. The first-order valence-electron chi connectivity index (χ1n) is 5.64. The Labute approximate surface area is 111 Å². The normalized spacial score (nSPS) is 15.4. The molecule has 0 aromatic carbocycles. The summed E-state index contributed by atoms with van der Waals surface area (Å²) in [6.07, 6.45) is 1.18. The zero-order valence-electron chi connectivity index (χ0n) is 10.5. The van der Waals surface area contributed by atoms with E-state index in [1.54, 1.807) is 11.3 Å². The first-order chi connectivity index (χ1) is 7.50. The summed E-state index contributed by atoms with van der Waals surface area (Å²) < 4.78 is 1.22.